The first-order valence-corrected chi connectivity index (χ1v) is 6.67. The lowest BCUT2D eigenvalue weighted by Gasteiger charge is -2.08. The molecule has 0 aliphatic rings. The summed E-state index contributed by atoms with van der Waals surface area (Å²) in [6.45, 7) is 4.83. The van der Waals surface area contributed by atoms with E-state index in [1.165, 1.54) is 0 Å². The Morgan fingerprint density at radius 2 is 2.05 bits per heavy atom. The molecule has 100 valence electrons. The molecular formula is C16H20N2O. The van der Waals surface area contributed by atoms with Gasteiger partial charge in [0.1, 0.15) is 5.75 Å². The van der Waals surface area contributed by atoms with E-state index in [4.69, 9.17) is 10.5 Å². The minimum absolute atomic E-state index is 0.721. The maximum atomic E-state index is 5.79. The number of rotatable bonds is 5. The van der Waals surface area contributed by atoms with Crippen molar-refractivity contribution in [2.75, 3.05) is 12.3 Å². The van der Waals surface area contributed by atoms with Gasteiger partial charge in [-0.2, -0.15) is 0 Å². The molecule has 3 nitrogen and oxygen atoms in total. The average Bonchev–Trinajstić information content (AvgIpc) is 2.43. The number of nitrogen functional groups attached to an aromatic ring is 1. The van der Waals surface area contributed by atoms with Crippen molar-refractivity contribution >= 4 is 5.69 Å². The van der Waals surface area contributed by atoms with Gasteiger partial charge in [-0.05, 0) is 37.6 Å². The van der Waals surface area contributed by atoms with Crippen LogP contribution in [0.4, 0.5) is 5.69 Å². The van der Waals surface area contributed by atoms with Crippen molar-refractivity contribution in [2.24, 2.45) is 0 Å². The number of ether oxygens (including phenoxy) is 1. The van der Waals surface area contributed by atoms with Gasteiger partial charge in [0.15, 0.2) is 0 Å². The highest BCUT2D eigenvalue weighted by molar-refractivity contribution is 5.63. The molecule has 0 saturated carbocycles. The Balaban J connectivity index is 2.19. The minimum Gasteiger partial charge on any atom is -0.494 e. The van der Waals surface area contributed by atoms with Gasteiger partial charge in [0.2, 0.25) is 0 Å². The summed E-state index contributed by atoms with van der Waals surface area (Å²) in [7, 11) is 0. The van der Waals surface area contributed by atoms with Crippen LogP contribution in [0.15, 0.2) is 36.4 Å². The molecule has 1 aromatic heterocycles. The third-order valence-corrected chi connectivity index (χ3v) is 3.02. The predicted molar refractivity (Wildman–Crippen MR) is 79.2 cm³/mol. The van der Waals surface area contributed by atoms with Gasteiger partial charge < -0.3 is 10.5 Å². The lowest BCUT2D eigenvalue weighted by molar-refractivity contribution is 0.309. The quantitative estimate of drug-likeness (QED) is 0.827. The lowest BCUT2D eigenvalue weighted by atomic mass is 10.1. The summed E-state index contributed by atoms with van der Waals surface area (Å²) < 4.78 is 5.71. The second-order valence-electron chi connectivity index (χ2n) is 4.60. The Bertz CT molecular complexity index is 552. The monoisotopic (exact) mass is 256 g/mol. The average molecular weight is 256 g/mol. The van der Waals surface area contributed by atoms with E-state index in [1.54, 1.807) is 0 Å². The number of aryl methyl sites for hydroxylation is 1. The van der Waals surface area contributed by atoms with Crippen molar-refractivity contribution in [2.45, 2.75) is 26.7 Å². The minimum atomic E-state index is 0.721. The molecule has 0 aliphatic carbocycles. The van der Waals surface area contributed by atoms with Crippen LogP contribution in [0.25, 0.3) is 11.3 Å². The van der Waals surface area contributed by atoms with Gasteiger partial charge in [-0.1, -0.05) is 25.5 Å². The molecular weight excluding hydrogens is 236 g/mol. The number of pyridine rings is 1. The van der Waals surface area contributed by atoms with E-state index in [9.17, 15) is 0 Å². The van der Waals surface area contributed by atoms with Crippen LogP contribution >= 0.6 is 0 Å². The van der Waals surface area contributed by atoms with E-state index in [0.717, 1.165) is 47.8 Å². The standard InChI is InChI=1S/C16H20N2O/c1-3-4-10-19-14-7-5-6-13(11-14)16-9-8-15(17)12(2)18-16/h5-9,11H,3-4,10,17H2,1-2H3. The van der Waals surface area contributed by atoms with Crippen LogP contribution in [0.2, 0.25) is 0 Å². The molecule has 2 aromatic rings. The van der Waals surface area contributed by atoms with Crippen molar-refractivity contribution in [1.82, 2.24) is 4.98 Å². The number of benzene rings is 1. The summed E-state index contributed by atoms with van der Waals surface area (Å²) in [6, 6.07) is 11.8. The molecule has 19 heavy (non-hydrogen) atoms. The van der Waals surface area contributed by atoms with Crippen molar-refractivity contribution in [1.29, 1.82) is 0 Å². The molecule has 0 aliphatic heterocycles. The first kappa shape index (κ1) is 13.4. The number of unbranched alkanes of at least 4 members (excludes halogenated alkanes) is 1. The van der Waals surface area contributed by atoms with Crippen LogP contribution in [-0.4, -0.2) is 11.6 Å². The number of nitrogens with zero attached hydrogens (tertiary/aromatic N) is 1. The van der Waals surface area contributed by atoms with E-state index >= 15 is 0 Å². The Kier molecular flexibility index (Phi) is 4.39. The van der Waals surface area contributed by atoms with Crippen LogP contribution in [0.1, 0.15) is 25.5 Å². The highest BCUT2D eigenvalue weighted by Gasteiger charge is 2.03. The molecule has 0 atom stereocenters. The normalized spacial score (nSPS) is 10.4. The maximum Gasteiger partial charge on any atom is 0.119 e. The number of hydrogen-bond donors (Lipinski definition) is 1. The van der Waals surface area contributed by atoms with E-state index < -0.39 is 0 Å². The van der Waals surface area contributed by atoms with Crippen molar-refractivity contribution in [3.05, 3.63) is 42.1 Å². The van der Waals surface area contributed by atoms with Crippen molar-refractivity contribution in [3.63, 3.8) is 0 Å². The Morgan fingerprint density at radius 3 is 2.79 bits per heavy atom. The SMILES string of the molecule is CCCCOc1cccc(-c2ccc(N)c(C)n2)c1. The molecule has 1 aromatic carbocycles. The van der Waals surface area contributed by atoms with E-state index in [2.05, 4.69) is 11.9 Å². The van der Waals surface area contributed by atoms with E-state index in [0.29, 0.717) is 0 Å². The fourth-order valence-corrected chi connectivity index (χ4v) is 1.81. The van der Waals surface area contributed by atoms with Gasteiger partial charge >= 0.3 is 0 Å². The largest absolute Gasteiger partial charge is 0.494 e. The lowest BCUT2D eigenvalue weighted by Crippen LogP contribution is -1.97. The number of aromatic nitrogens is 1. The summed E-state index contributed by atoms with van der Waals surface area (Å²) in [6.07, 6.45) is 2.21. The fourth-order valence-electron chi connectivity index (χ4n) is 1.81. The smallest absolute Gasteiger partial charge is 0.119 e. The zero-order valence-electron chi connectivity index (χ0n) is 11.5. The van der Waals surface area contributed by atoms with Gasteiger partial charge in [-0.3, -0.25) is 4.98 Å². The summed E-state index contributed by atoms with van der Waals surface area (Å²) in [5.74, 6) is 0.891. The first-order valence-electron chi connectivity index (χ1n) is 6.67. The van der Waals surface area contributed by atoms with Gasteiger partial charge in [0.25, 0.3) is 0 Å². The summed E-state index contributed by atoms with van der Waals surface area (Å²) in [4.78, 5) is 4.50. The highest BCUT2D eigenvalue weighted by atomic mass is 16.5. The van der Waals surface area contributed by atoms with Gasteiger partial charge in [0, 0.05) is 5.56 Å². The molecule has 0 radical (unpaired) electrons. The zero-order chi connectivity index (χ0) is 13.7. The molecule has 2 rings (SSSR count). The summed E-state index contributed by atoms with van der Waals surface area (Å²) in [5, 5.41) is 0. The molecule has 3 heteroatoms. The first-order chi connectivity index (χ1) is 9.20. The molecule has 1 heterocycles. The number of hydrogen-bond acceptors (Lipinski definition) is 3. The maximum absolute atomic E-state index is 5.79. The van der Waals surface area contributed by atoms with Gasteiger partial charge in [-0.25, -0.2) is 0 Å². The summed E-state index contributed by atoms with van der Waals surface area (Å²) >= 11 is 0. The zero-order valence-corrected chi connectivity index (χ0v) is 11.5. The number of anilines is 1. The van der Waals surface area contributed by atoms with Crippen LogP contribution in [0, 0.1) is 6.92 Å². The Morgan fingerprint density at radius 1 is 1.21 bits per heavy atom. The third-order valence-electron chi connectivity index (χ3n) is 3.02. The van der Waals surface area contributed by atoms with Crippen molar-refractivity contribution < 1.29 is 4.74 Å². The molecule has 2 N–H and O–H groups in total. The number of nitrogens with two attached hydrogens (primary N) is 1. The van der Waals surface area contributed by atoms with Crippen LogP contribution < -0.4 is 10.5 Å². The third kappa shape index (κ3) is 3.47. The van der Waals surface area contributed by atoms with Crippen LogP contribution in [0.5, 0.6) is 5.75 Å². The molecule has 0 unspecified atom stereocenters. The van der Waals surface area contributed by atoms with Gasteiger partial charge in [-0.15, -0.1) is 0 Å². The second-order valence-corrected chi connectivity index (χ2v) is 4.60. The molecule has 0 spiro atoms. The molecule has 0 amide bonds. The van der Waals surface area contributed by atoms with E-state index in [1.807, 2.05) is 43.3 Å². The summed E-state index contributed by atoms with van der Waals surface area (Å²) in [5.41, 5.74) is 9.34. The molecule has 0 saturated heterocycles. The highest BCUT2D eigenvalue weighted by Crippen LogP contribution is 2.24. The molecule has 0 bridgehead atoms. The topological polar surface area (TPSA) is 48.1 Å². The van der Waals surface area contributed by atoms with Crippen LogP contribution in [-0.2, 0) is 0 Å². The fraction of sp³-hybridized carbons (Fsp3) is 0.312. The second kappa shape index (κ2) is 6.23. The molecule has 0 fully saturated rings. The Hall–Kier alpha value is -2.03. The van der Waals surface area contributed by atoms with Crippen LogP contribution in [0.3, 0.4) is 0 Å². The Labute approximate surface area is 114 Å². The van der Waals surface area contributed by atoms with E-state index in [-0.39, 0.29) is 0 Å². The van der Waals surface area contributed by atoms with Crippen molar-refractivity contribution in [3.8, 4) is 17.0 Å². The van der Waals surface area contributed by atoms with Gasteiger partial charge in [0.05, 0.1) is 23.7 Å². The predicted octanol–water partition coefficient (Wildman–Crippen LogP) is 3.82.